The van der Waals surface area contributed by atoms with E-state index in [4.69, 9.17) is 5.21 Å². The normalized spacial score (nSPS) is 19.0. The third kappa shape index (κ3) is 3.68. The molecule has 1 heterocycles. The van der Waals surface area contributed by atoms with Gasteiger partial charge >= 0.3 is 6.03 Å². The maximum absolute atomic E-state index is 12.5. The number of hydrogen-bond acceptors (Lipinski definition) is 4. The van der Waals surface area contributed by atoms with Gasteiger partial charge in [0.05, 0.1) is 0 Å². The number of nitrogens with zero attached hydrogens (tertiary/aromatic N) is 1. The van der Waals surface area contributed by atoms with Gasteiger partial charge in [0.1, 0.15) is 12.1 Å². The van der Waals surface area contributed by atoms with E-state index in [1.807, 2.05) is 30.3 Å². The highest BCUT2D eigenvalue weighted by Crippen LogP contribution is 2.20. The fourth-order valence-electron chi connectivity index (χ4n) is 2.75. The van der Waals surface area contributed by atoms with Crippen LogP contribution in [0.2, 0.25) is 0 Å². The summed E-state index contributed by atoms with van der Waals surface area (Å²) in [6.45, 7) is 3.41. The highest BCUT2D eigenvalue weighted by molar-refractivity contribution is 6.07. The Balaban J connectivity index is 2.08. The maximum atomic E-state index is 12.5. The van der Waals surface area contributed by atoms with Crippen molar-refractivity contribution in [1.82, 2.24) is 15.7 Å². The lowest BCUT2D eigenvalue weighted by Gasteiger charge is -2.26. The number of carbonyl (C=O) groups excluding carboxylic acids is 3. The van der Waals surface area contributed by atoms with Crippen molar-refractivity contribution in [3.63, 3.8) is 0 Å². The van der Waals surface area contributed by atoms with Crippen molar-refractivity contribution < 1.29 is 19.6 Å². The smallest absolute Gasteiger partial charge is 0.325 e. The molecule has 0 radical (unpaired) electrons. The van der Waals surface area contributed by atoms with E-state index < -0.39 is 29.9 Å². The van der Waals surface area contributed by atoms with Crippen LogP contribution in [0.1, 0.15) is 25.8 Å². The number of amides is 4. The van der Waals surface area contributed by atoms with Crippen molar-refractivity contribution in [3.05, 3.63) is 35.9 Å². The Labute approximate surface area is 134 Å². The van der Waals surface area contributed by atoms with E-state index in [2.05, 4.69) is 5.32 Å². The van der Waals surface area contributed by atoms with Crippen molar-refractivity contribution >= 4 is 17.8 Å². The number of urea groups is 1. The Hall–Kier alpha value is -2.41. The van der Waals surface area contributed by atoms with Crippen LogP contribution < -0.4 is 10.8 Å². The van der Waals surface area contributed by atoms with Crippen molar-refractivity contribution in [2.75, 3.05) is 0 Å². The van der Waals surface area contributed by atoms with E-state index in [9.17, 15) is 14.4 Å². The average molecular weight is 319 g/mol. The van der Waals surface area contributed by atoms with Gasteiger partial charge in [0.2, 0.25) is 0 Å². The first kappa shape index (κ1) is 17.0. The van der Waals surface area contributed by atoms with Gasteiger partial charge in [-0.2, -0.15) is 0 Å². The first-order valence-corrected chi connectivity index (χ1v) is 7.57. The number of benzene rings is 1. The summed E-state index contributed by atoms with van der Waals surface area (Å²) < 4.78 is 0. The van der Waals surface area contributed by atoms with Crippen LogP contribution in [0, 0.1) is 5.92 Å². The molecule has 23 heavy (non-hydrogen) atoms. The summed E-state index contributed by atoms with van der Waals surface area (Å²) >= 11 is 0. The molecule has 4 amide bonds. The van der Waals surface area contributed by atoms with Gasteiger partial charge in [-0.25, -0.2) is 15.2 Å². The molecule has 2 rings (SSSR count). The topological polar surface area (TPSA) is 98.7 Å². The van der Waals surface area contributed by atoms with Gasteiger partial charge < -0.3 is 5.32 Å². The summed E-state index contributed by atoms with van der Waals surface area (Å²) in [6, 6.07) is 7.35. The Kier molecular flexibility index (Phi) is 5.33. The summed E-state index contributed by atoms with van der Waals surface area (Å²) in [7, 11) is 0. The van der Waals surface area contributed by atoms with Crippen LogP contribution in [0.4, 0.5) is 4.79 Å². The van der Waals surface area contributed by atoms with Crippen LogP contribution in [-0.4, -0.2) is 40.0 Å². The monoisotopic (exact) mass is 319 g/mol. The van der Waals surface area contributed by atoms with Crippen LogP contribution in [0.3, 0.4) is 0 Å². The minimum Gasteiger partial charge on any atom is -0.326 e. The molecule has 1 saturated heterocycles. The number of carbonyl (C=O) groups is 3. The van der Waals surface area contributed by atoms with E-state index in [1.165, 1.54) is 5.48 Å². The second kappa shape index (κ2) is 7.23. The molecule has 7 heteroatoms. The van der Waals surface area contributed by atoms with E-state index >= 15 is 0 Å². The van der Waals surface area contributed by atoms with Crippen molar-refractivity contribution in [2.45, 2.75) is 38.8 Å². The lowest BCUT2D eigenvalue weighted by molar-refractivity contribution is -0.142. The van der Waals surface area contributed by atoms with E-state index in [-0.39, 0.29) is 5.92 Å². The van der Waals surface area contributed by atoms with Crippen LogP contribution in [0.15, 0.2) is 30.3 Å². The van der Waals surface area contributed by atoms with E-state index in [0.717, 1.165) is 10.5 Å². The second-order valence-electron chi connectivity index (χ2n) is 5.90. The molecular formula is C16H21N3O4. The first-order chi connectivity index (χ1) is 11.0. The average Bonchev–Trinajstić information content (AvgIpc) is 2.81. The Morgan fingerprint density at radius 2 is 1.96 bits per heavy atom. The SMILES string of the molecule is CC(C)C(C(=O)NO)N1C(=O)N[C@@H](CCc2ccccc2)C1=O. The Morgan fingerprint density at radius 1 is 1.30 bits per heavy atom. The molecule has 0 spiro atoms. The number of nitrogens with one attached hydrogen (secondary N) is 2. The van der Waals surface area contributed by atoms with Gasteiger partial charge in [-0.15, -0.1) is 0 Å². The number of rotatable bonds is 6. The third-order valence-corrected chi connectivity index (χ3v) is 3.91. The van der Waals surface area contributed by atoms with Crippen LogP contribution in [-0.2, 0) is 16.0 Å². The Morgan fingerprint density at radius 3 is 2.52 bits per heavy atom. The zero-order chi connectivity index (χ0) is 17.0. The highest BCUT2D eigenvalue weighted by Gasteiger charge is 2.45. The third-order valence-electron chi connectivity index (χ3n) is 3.91. The lowest BCUT2D eigenvalue weighted by Crippen LogP contribution is -2.52. The van der Waals surface area contributed by atoms with Crippen LogP contribution in [0.5, 0.6) is 0 Å². The predicted octanol–water partition coefficient (Wildman–Crippen LogP) is 1.07. The zero-order valence-electron chi connectivity index (χ0n) is 13.2. The molecule has 0 bridgehead atoms. The predicted molar refractivity (Wildman–Crippen MR) is 82.5 cm³/mol. The molecule has 1 aromatic rings. The number of imide groups is 1. The molecule has 1 fully saturated rings. The van der Waals surface area contributed by atoms with Gasteiger partial charge in [-0.3, -0.25) is 14.8 Å². The van der Waals surface area contributed by atoms with Gasteiger partial charge in [0.15, 0.2) is 0 Å². The molecule has 124 valence electrons. The molecule has 0 aliphatic carbocycles. The lowest BCUT2D eigenvalue weighted by atomic mass is 10.0. The summed E-state index contributed by atoms with van der Waals surface area (Å²) in [5.41, 5.74) is 2.60. The van der Waals surface area contributed by atoms with E-state index in [0.29, 0.717) is 12.8 Å². The molecule has 1 aromatic carbocycles. The maximum Gasteiger partial charge on any atom is 0.325 e. The first-order valence-electron chi connectivity index (χ1n) is 7.57. The van der Waals surface area contributed by atoms with Crippen LogP contribution >= 0.6 is 0 Å². The molecule has 1 aliphatic rings. The van der Waals surface area contributed by atoms with Crippen molar-refractivity contribution in [2.24, 2.45) is 5.92 Å². The minimum absolute atomic E-state index is 0.315. The largest absolute Gasteiger partial charge is 0.326 e. The number of hydroxylamine groups is 1. The second-order valence-corrected chi connectivity index (χ2v) is 5.90. The zero-order valence-corrected chi connectivity index (χ0v) is 13.2. The summed E-state index contributed by atoms with van der Waals surface area (Å²) in [5.74, 6) is -1.52. The molecule has 7 nitrogen and oxygen atoms in total. The number of aryl methyl sites for hydroxylation is 1. The van der Waals surface area contributed by atoms with Gasteiger partial charge in [0, 0.05) is 0 Å². The fraction of sp³-hybridized carbons (Fsp3) is 0.438. The number of hydrogen-bond donors (Lipinski definition) is 3. The van der Waals surface area contributed by atoms with Crippen LogP contribution in [0.25, 0.3) is 0 Å². The standard InChI is InChI=1S/C16H21N3O4/c1-10(2)13(14(20)18-23)19-15(21)12(17-16(19)22)9-8-11-6-4-3-5-7-11/h3-7,10,12-13,23H,8-9H2,1-2H3,(H,17,22)(H,18,20)/t12-,13?/m0/s1. The van der Waals surface area contributed by atoms with Gasteiger partial charge in [0.25, 0.3) is 11.8 Å². The Bertz CT molecular complexity index is 588. The summed E-state index contributed by atoms with van der Waals surface area (Å²) in [4.78, 5) is 37.3. The van der Waals surface area contributed by atoms with Gasteiger partial charge in [-0.1, -0.05) is 44.2 Å². The summed E-state index contributed by atoms with van der Waals surface area (Å²) in [6.07, 6.45) is 1.10. The fourth-order valence-corrected chi connectivity index (χ4v) is 2.75. The molecule has 1 aliphatic heterocycles. The molecule has 0 saturated carbocycles. The molecule has 3 N–H and O–H groups in total. The summed E-state index contributed by atoms with van der Waals surface area (Å²) in [5, 5.41) is 11.4. The molecule has 2 atom stereocenters. The van der Waals surface area contributed by atoms with Crippen molar-refractivity contribution in [3.8, 4) is 0 Å². The quantitative estimate of drug-likeness (QED) is 0.415. The molecule has 1 unspecified atom stereocenters. The van der Waals surface area contributed by atoms with Gasteiger partial charge in [-0.05, 0) is 24.3 Å². The van der Waals surface area contributed by atoms with E-state index in [1.54, 1.807) is 13.8 Å². The molecule has 0 aromatic heterocycles. The highest BCUT2D eigenvalue weighted by atomic mass is 16.5. The minimum atomic E-state index is -1.03. The van der Waals surface area contributed by atoms with Crippen molar-refractivity contribution in [1.29, 1.82) is 0 Å². The molecular weight excluding hydrogens is 298 g/mol.